The number of aromatic nitrogens is 2. The minimum Gasteiger partial charge on any atom is -0.509 e. The van der Waals surface area contributed by atoms with Gasteiger partial charge in [-0.25, -0.2) is 4.98 Å². The Morgan fingerprint density at radius 1 is 0.444 bits per heavy atom. The zero-order valence-electron chi connectivity index (χ0n) is 44.2. The smallest absolute Gasteiger partial charge is 0.135 e. The van der Waals surface area contributed by atoms with Crippen molar-refractivity contribution in [3.63, 3.8) is 0 Å². The fourth-order valence-electron chi connectivity index (χ4n) is 9.98. The standard InChI is InChI=1S/C66H67N4O.Pt/c1-62(2,3)46-27-32-58-60(39-46)69(52-36-49(63(4,5)6)35-50(37-52)64(7,8)9)43-68(58)51-25-20-26-53(41-51)71-54-29-30-55-56-38-47(65(10,11)44-21-16-14-17-22-44)28-31-57(56)70(59(55)42-54)61-40-48(33-34-67-61)66(12,13)45-23-18-15-19-24-45;/h14-40,43H,1-13H3;/q-3;. The minimum absolute atomic E-state index is 0. The molecule has 370 valence electrons. The van der Waals surface area contributed by atoms with Crippen molar-refractivity contribution in [3.8, 4) is 17.3 Å². The average Bonchev–Trinajstić information content (AvgIpc) is 3.89. The Morgan fingerprint density at radius 2 is 1.03 bits per heavy atom. The molecule has 5 nitrogen and oxygen atoms in total. The summed E-state index contributed by atoms with van der Waals surface area (Å²) in [5, 5.41) is 2.21. The van der Waals surface area contributed by atoms with Crippen LogP contribution in [0.15, 0.2) is 164 Å². The van der Waals surface area contributed by atoms with E-state index in [1.165, 1.54) is 38.9 Å². The number of pyridine rings is 1. The molecular weight excluding hydrogens is 1060 g/mol. The van der Waals surface area contributed by atoms with Crippen LogP contribution in [0.2, 0.25) is 0 Å². The number of rotatable bonds is 9. The van der Waals surface area contributed by atoms with Crippen LogP contribution in [0.1, 0.15) is 129 Å². The number of fused-ring (bicyclic) bond motifs is 4. The summed E-state index contributed by atoms with van der Waals surface area (Å²) in [4.78, 5) is 9.65. The van der Waals surface area contributed by atoms with Crippen molar-refractivity contribution in [1.29, 1.82) is 0 Å². The molecule has 0 spiro atoms. The second-order valence-electron chi connectivity index (χ2n) is 23.6. The van der Waals surface area contributed by atoms with Crippen molar-refractivity contribution in [2.24, 2.45) is 0 Å². The first-order valence-electron chi connectivity index (χ1n) is 25.1. The van der Waals surface area contributed by atoms with Gasteiger partial charge in [-0.1, -0.05) is 180 Å². The van der Waals surface area contributed by atoms with E-state index >= 15 is 0 Å². The van der Waals surface area contributed by atoms with Crippen LogP contribution < -0.4 is 14.5 Å². The fraction of sp³-hybridized carbons (Fsp3) is 0.273. The van der Waals surface area contributed by atoms with Crippen LogP contribution in [-0.2, 0) is 48.1 Å². The van der Waals surface area contributed by atoms with Gasteiger partial charge in [0.05, 0.1) is 0 Å². The van der Waals surface area contributed by atoms with Gasteiger partial charge < -0.3 is 19.1 Å². The monoisotopic (exact) mass is 1130 g/mol. The Kier molecular flexibility index (Phi) is 13.0. The van der Waals surface area contributed by atoms with Crippen molar-refractivity contribution in [1.82, 2.24) is 9.55 Å². The average molecular weight is 1130 g/mol. The van der Waals surface area contributed by atoms with E-state index in [0.29, 0.717) is 11.5 Å². The SMILES string of the molecule is CC(C)(C)c1cc(N2[CH-]N(c3[c-]c(Oc4[c-]c5c(cc4)c4cc(C(C)(C)c6ccccc6)ccc4n5-c4cc(C(C)(C)c5ccccc5)ccn4)ccc3)c3ccc(C(C)(C)C)cc32)cc(C(C)(C)C)c1.[Pt]. The molecule has 2 aromatic heterocycles. The van der Waals surface area contributed by atoms with Crippen LogP contribution in [0.25, 0.3) is 27.6 Å². The molecule has 3 heterocycles. The van der Waals surface area contributed by atoms with E-state index in [9.17, 15) is 0 Å². The Morgan fingerprint density at radius 3 is 1.64 bits per heavy atom. The van der Waals surface area contributed by atoms with Gasteiger partial charge in [0.2, 0.25) is 0 Å². The zero-order valence-corrected chi connectivity index (χ0v) is 46.5. The summed E-state index contributed by atoms with van der Waals surface area (Å²) in [5.74, 6) is 2.02. The molecule has 0 fully saturated rings. The van der Waals surface area contributed by atoms with Crippen LogP contribution in [0, 0.1) is 18.8 Å². The van der Waals surface area contributed by atoms with Crippen molar-refractivity contribution >= 4 is 44.6 Å². The molecular formula is C66H67N4OPt-3. The Bertz CT molecular complexity index is 3410. The molecule has 1 aliphatic rings. The van der Waals surface area contributed by atoms with Crippen LogP contribution >= 0.6 is 0 Å². The molecule has 0 saturated heterocycles. The summed E-state index contributed by atoms with van der Waals surface area (Å²) in [6.07, 6.45) is 1.93. The van der Waals surface area contributed by atoms with Gasteiger partial charge in [0, 0.05) is 72.2 Å². The molecule has 7 aromatic carbocycles. The molecule has 1 aliphatic heterocycles. The number of hydrogen-bond acceptors (Lipinski definition) is 4. The van der Waals surface area contributed by atoms with Crippen LogP contribution in [-0.4, -0.2) is 9.55 Å². The van der Waals surface area contributed by atoms with E-state index in [1.54, 1.807) is 0 Å². The van der Waals surface area contributed by atoms with Crippen LogP contribution in [0.5, 0.6) is 11.5 Å². The first-order valence-corrected chi connectivity index (χ1v) is 25.1. The molecule has 0 radical (unpaired) electrons. The third kappa shape index (κ3) is 9.42. The topological polar surface area (TPSA) is 33.5 Å². The first-order chi connectivity index (χ1) is 33.6. The van der Waals surface area contributed by atoms with Gasteiger partial charge in [-0.3, -0.25) is 0 Å². The van der Waals surface area contributed by atoms with E-state index in [-0.39, 0.29) is 48.1 Å². The number of benzene rings is 7. The molecule has 6 heteroatoms. The van der Waals surface area contributed by atoms with E-state index in [1.807, 2.05) is 24.4 Å². The Hall–Kier alpha value is -6.42. The summed E-state index contributed by atoms with van der Waals surface area (Å²) in [7, 11) is 0. The third-order valence-corrected chi connectivity index (χ3v) is 14.8. The van der Waals surface area contributed by atoms with Crippen molar-refractivity contribution in [2.75, 3.05) is 9.80 Å². The molecule has 0 saturated carbocycles. The number of hydrogen-bond donors (Lipinski definition) is 0. The summed E-state index contributed by atoms with van der Waals surface area (Å²) in [6.45, 7) is 32.0. The van der Waals surface area contributed by atoms with Gasteiger partial charge in [0.1, 0.15) is 5.82 Å². The molecule has 0 bridgehead atoms. The van der Waals surface area contributed by atoms with Gasteiger partial charge >= 0.3 is 0 Å². The third-order valence-electron chi connectivity index (χ3n) is 14.8. The molecule has 0 N–H and O–H groups in total. The maximum absolute atomic E-state index is 6.82. The van der Waals surface area contributed by atoms with Gasteiger partial charge in [0.25, 0.3) is 0 Å². The molecule has 10 rings (SSSR count). The van der Waals surface area contributed by atoms with E-state index in [0.717, 1.165) is 50.4 Å². The molecule has 9 aromatic rings. The Balaban J connectivity index is 0.00000640. The minimum atomic E-state index is -0.256. The second-order valence-corrected chi connectivity index (χ2v) is 23.6. The normalized spacial score (nSPS) is 13.4. The van der Waals surface area contributed by atoms with Crippen molar-refractivity contribution in [3.05, 3.63) is 222 Å². The van der Waals surface area contributed by atoms with E-state index in [2.05, 4.69) is 263 Å². The molecule has 0 unspecified atom stereocenters. The summed E-state index contributed by atoms with van der Waals surface area (Å²) >= 11 is 0. The van der Waals surface area contributed by atoms with Crippen molar-refractivity contribution < 1.29 is 25.8 Å². The zero-order chi connectivity index (χ0) is 50.3. The van der Waals surface area contributed by atoms with Gasteiger partial charge in [-0.2, -0.15) is 12.1 Å². The predicted molar refractivity (Wildman–Crippen MR) is 297 cm³/mol. The molecule has 0 amide bonds. The Labute approximate surface area is 443 Å². The molecule has 0 atom stereocenters. The molecule has 72 heavy (non-hydrogen) atoms. The second kappa shape index (κ2) is 18.6. The van der Waals surface area contributed by atoms with E-state index in [4.69, 9.17) is 9.72 Å². The van der Waals surface area contributed by atoms with Gasteiger partial charge in [-0.15, -0.1) is 48.1 Å². The van der Waals surface area contributed by atoms with Crippen molar-refractivity contribution in [2.45, 2.75) is 117 Å². The van der Waals surface area contributed by atoms with Gasteiger partial charge in [0.15, 0.2) is 0 Å². The summed E-state index contributed by atoms with van der Waals surface area (Å²) in [6, 6.07) is 64.4. The quantitative estimate of drug-likeness (QED) is 0.135. The maximum Gasteiger partial charge on any atom is 0.135 e. The summed E-state index contributed by atoms with van der Waals surface area (Å²) < 4.78 is 9.06. The largest absolute Gasteiger partial charge is 0.509 e. The van der Waals surface area contributed by atoms with Crippen LogP contribution in [0.3, 0.4) is 0 Å². The van der Waals surface area contributed by atoms with E-state index < -0.39 is 0 Å². The number of nitrogens with zero attached hydrogens (tertiary/aromatic N) is 4. The first kappa shape index (κ1) is 50.5. The summed E-state index contributed by atoms with van der Waals surface area (Å²) in [5.41, 5.74) is 14.5. The van der Waals surface area contributed by atoms with Gasteiger partial charge in [-0.05, 0) is 103 Å². The number of ether oxygens (including phenoxy) is 1. The number of anilines is 4. The fourth-order valence-corrected chi connectivity index (χ4v) is 9.98. The maximum atomic E-state index is 6.82. The predicted octanol–water partition coefficient (Wildman–Crippen LogP) is 17.5. The molecule has 0 aliphatic carbocycles. The van der Waals surface area contributed by atoms with Crippen LogP contribution in [0.4, 0.5) is 22.7 Å².